The average molecular weight is 477 g/mol. The van der Waals surface area contributed by atoms with Crippen molar-refractivity contribution in [2.24, 2.45) is 0 Å². The second-order valence-electron chi connectivity index (χ2n) is 8.41. The van der Waals surface area contributed by atoms with Crippen molar-refractivity contribution in [3.63, 3.8) is 0 Å². The molecule has 178 valence electrons. The predicted molar refractivity (Wildman–Crippen MR) is 112 cm³/mol. The number of anilines is 1. The Morgan fingerprint density at radius 2 is 1.88 bits per heavy atom. The normalized spacial score (nSPS) is 17.0. The van der Waals surface area contributed by atoms with Crippen LogP contribution in [0.2, 0.25) is 0 Å². The molecule has 0 radical (unpaired) electrons. The van der Waals surface area contributed by atoms with Crippen LogP contribution < -0.4 is 5.32 Å². The number of aromatic nitrogens is 4. The number of hydrogen-bond donors (Lipinski definition) is 2. The van der Waals surface area contributed by atoms with Gasteiger partial charge in [0.2, 0.25) is 16.0 Å². The Bertz CT molecular complexity index is 1040. The first kappa shape index (κ1) is 24.4. The second kappa shape index (κ2) is 8.94. The lowest BCUT2D eigenvalue weighted by Crippen LogP contribution is -2.43. The molecule has 9 nitrogen and oxygen atoms in total. The minimum absolute atomic E-state index is 0.0254. The summed E-state index contributed by atoms with van der Waals surface area (Å²) in [4.78, 5) is 7.94. The van der Waals surface area contributed by atoms with E-state index in [2.05, 4.69) is 20.4 Å². The fraction of sp³-hybridized carbons (Fsp3) is 0.632. The van der Waals surface area contributed by atoms with Crippen LogP contribution >= 0.6 is 0 Å². The monoisotopic (exact) mass is 476 g/mol. The lowest BCUT2D eigenvalue weighted by Gasteiger charge is -2.31. The maximum atomic E-state index is 13.6. The molecule has 0 bridgehead atoms. The van der Waals surface area contributed by atoms with Crippen LogP contribution in [0.1, 0.15) is 39.2 Å². The highest BCUT2D eigenvalue weighted by molar-refractivity contribution is 7.89. The van der Waals surface area contributed by atoms with Gasteiger partial charge in [-0.3, -0.25) is 4.68 Å². The number of sulfonamides is 1. The van der Waals surface area contributed by atoms with Gasteiger partial charge >= 0.3 is 6.18 Å². The molecule has 0 aliphatic carbocycles. The highest BCUT2D eigenvalue weighted by Crippen LogP contribution is 2.36. The van der Waals surface area contributed by atoms with E-state index < -0.39 is 27.4 Å². The van der Waals surface area contributed by atoms with E-state index in [4.69, 9.17) is 0 Å². The van der Waals surface area contributed by atoms with E-state index in [-0.39, 0.29) is 35.5 Å². The summed E-state index contributed by atoms with van der Waals surface area (Å²) in [7, 11) is -3.27. The molecule has 13 heteroatoms. The molecule has 0 unspecified atom stereocenters. The van der Waals surface area contributed by atoms with Gasteiger partial charge < -0.3 is 10.4 Å². The highest BCUT2D eigenvalue weighted by atomic mass is 32.2. The molecule has 3 rings (SSSR count). The van der Waals surface area contributed by atoms with Crippen LogP contribution in [0.25, 0.3) is 11.3 Å². The standard InChI is InChI=1S/C19H27F3N6O3S/c1-4-32(30,31)28-7-5-14(6-8-28)25-17-23-10-15(19(20,21)22)16(26-17)13-9-24-27(11-13)12-18(2,3)29/h9-11,14,29H,4-8,12H2,1-3H3,(H,23,25,26). The zero-order chi connectivity index (χ0) is 23.7. The van der Waals surface area contributed by atoms with Gasteiger partial charge in [-0.2, -0.15) is 18.3 Å². The van der Waals surface area contributed by atoms with Crippen molar-refractivity contribution in [2.75, 3.05) is 24.2 Å². The smallest absolute Gasteiger partial charge is 0.389 e. The Kier molecular flexibility index (Phi) is 6.82. The number of hydrogen-bond acceptors (Lipinski definition) is 7. The Balaban J connectivity index is 1.81. The molecule has 0 atom stereocenters. The van der Waals surface area contributed by atoms with Gasteiger partial charge in [0, 0.05) is 37.1 Å². The lowest BCUT2D eigenvalue weighted by molar-refractivity contribution is -0.137. The summed E-state index contributed by atoms with van der Waals surface area (Å²) in [5.74, 6) is 0.0532. The summed E-state index contributed by atoms with van der Waals surface area (Å²) in [6, 6.07) is -0.166. The van der Waals surface area contributed by atoms with Crippen LogP contribution in [0, 0.1) is 0 Å². The summed E-state index contributed by atoms with van der Waals surface area (Å²) >= 11 is 0. The Morgan fingerprint density at radius 1 is 1.22 bits per heavy atom. The summed E-state index contributed by atoms with van der Waals surface area (Å²) in [6.45, 7) is 5.47. The molecule has 1 saturated heterocycles. The van der Waals surface area contributed by atoms with Crippen molar-refractivity contribution in [3.05, 3.63) is 24.2 Å². The van der Waals surface area contributed by atoms with E-state index in [9.17, 15) is 26.7 Å². The number of piperidine rings is 1. The van der Waals surface area contributed by atoms with Gasteiger partial charge in [0.05, 0.1) is 29.8 Å². The van der Waals surface area contributed by atoms with Gasteiger partial charge in [-0.1, -0.05) is 0 Å². The van der Waals surface area contributed by atoms with Gasteiger partial charge in [-0.05, 0) is 33.6 Å². The van der Waals surface area contributed by atoms with Crippen LogP contribution in [0.15, 0.2) is 18.6 Å². The molecule has 0 saturated carbocycles. The SMILES string of the molecule is CCS(=O)(=O)N1CCC(Nc2ncc(C(F)(F)F)c(-c3cnn(CC(C)(C)O)c3)n2)CC1. The zero-order valence-electron chi connectivity index (χ0n) is 18.1. The van der Waals surface area contributed by atoms with Gasteiger partial charge in [0.25, 0.3) is 0 Å². The molecule has 0 spiro atoms. The van der Waals surface area contributed by atoms with Crippen LogP contribution in [-0.4, -0.2) is 68.1 Å². The molecule has 1 fully saturated rings. The quantitative estimate of drug-likeness (QED) is 0.631. The topological polar surface area (TPSA) is 113 Å². The first-order valence-corrected chi connectivity index (χ1v) is 11.8. The number of nitrogens with zero attached hydrogens (tertiary/aromatic N) is 5. The maximum Gasteiger partial charge on any atom is 0.419 e. The number of halogens is 3. The molecular formula is C19H27F3N6O3S. The van der Waals surface area contributed by atoms with E-state index in [1.807, 2.05) is 0 Å². The summed E-state index contributed by atoms with van der Waals surface area (Å²) < 4.78 is 67.4. The Hall–Kier alpha value is -2.25. The predicted octanol–water partition coefficient (Wildman–Crippen LogP) is 2.36. The van der Waals surface area contributed by atoms with Gasteiger partial charge in [-0.25, -0.2) is 22.7 Å². The van der Waals surface area contributed by atoms with Crippen molar-refractivity contribution in [3.8, 4) is 11.3 Å². The minimum Gasteiger partial charge on any atom is -0.389 e. The van der Waals surface area contributed by atoms with E-state index in [0.29, 0.717) is 25.9 Å². The molecule has 2 aromatic heterocycles. The molecule has 2 aromatic rings. The third-order valence-electron chi connectivity index (χ3n) is 5.10. The van der Waals surface area contributed by atoms with Crippen LogP contribution in [0.3, 0.4) is 0 Å². The molecule has 0 aromatic carbocycles. The van der Waals surface area contributed by atoms with Crippen LogP contribution in [-0.2, 0) is 22.7 Å². The van der Waals surface area contributed by atoms with Crippen LogP contribution in [0.4, 0.5) is 19.1 Å². The fourth-order valence-corrected chi connectivity index (χ4v) is 4.62. The van der Waals surface area contributed by atoms with Gasteiger partial charge in [0.1, 0.15) is 5.56 Å². The molecular weight excluding hydrogens is 449 g/mol. The number of aliphatic hydroxyl groups is 1. The largest absolute Gasteiger partial charge is 0.419 e. The molecule has 2 N–H and O–H groups in total. The summed E-state index contributed by atoms with van der Waals surface area (Å²) in [5.41, 5.74) is -2.25. The molecule has 1 aliphatic heterocycles. The van der Waals surface area contributed by atoms with Crippen molar-refractivity contribution >= 4 is 16.0 Å². The Labute approximate surface area is 184 Å². The highest BCUT2D eigenvalue weighted by Gasteiger charge is 2.36. The van der Waals surface area contributed by atoms with Crippen molar-refractivity contribution in [1.82, 2.24) is 24.1 Å². The number of rotatable bonds is 7. The Morgan fingerprint density at radius 3 is 2.44 bits per heavy atom. The van der Waals surface area contributed by atoms with Crippen molar-refractivity contribution in [2.45, 2.75) is 58.0 Å². The number of alkyl halides is 3. The lowest BCUT2D eigenvalue weighted by atomic mass is 10.1. The average Bonchev–Trinajstić information content (AvgIpc) is 3.14. The zero-order valence-corrected chi connectivity index (χ0v) is 18.9. The molecule has 32 heavy (non-hydrogen) atoms. The summed E-state index contributed by atoms with van der Waals surface area (Å²) in [6.07, 6.45) is -0.291. The minimum atomic E-state index is -4.66. The first-order chi connectivity index (χ1) is 14.8. The van der Waals surface area contributed by atoms with Crippen LogP contribution in [0.5, 0.6) is 0 Å². The first-order valence-electron chi connectivity index (χ1n) is 10.2. The van der Waals surface area contributed by atoms with E-state index in [1.54, 1.807) is 20.8 Å². The summed E-state index contributed by atoms with van der Waals surface area (Å²) in [5, 5.41) is 17.0. The molecule has 3 heterocycles. The van der Waals surface area contributed by atoms with Gasteiger partial charge in [0.15, 0.2) is 0 Å². The van der Waals surface area contributed by atoms with Crippen molar-refractivity contribution < 1.29 is 26.7 Å². The molecule has 0 amide bonds. The third kappa shape index (κ3) is 5.95. The van der Waals surface area contributed by atoms with E-state index in [1.165, 1.54) is 21.4 Å². The second-order valence-corrected chi connectivity index (χ2v) is 10.7. The van der Waals surface area contributed by atoms with Gasteiger partial charge in [-0.15, -0.1) is 0 Å². The molecule has 1 aliphatic rings. The fourth-order valence-electron chi connectivity index (χ4n) is 3.49. The number of nitrogens with one attached hydrogen (secondary N) is 1. The van der Waals surface area contributed by atoms with E-state index in [0.717, 1.165) is 6.20 Å². The third-order valence-corrected chi connectivity index (χ3v) is 6.98. The van der Waals surface area contributed by atoms with E-state index >= 15 is 0 Å². The maximum absolute atomic E-state index is 13.6. The van der Waals surface area contributed by atoms with Crippen molar-refractivity contribution in [1.29, 1.82) is 0 Å².